The quantitative estimate of drug-likeness (QED) is 0.358. The maximum Gasteiger partial charge on any atom is 4.00 e. The van der Waals surface area contributed by atoms with Crippen LogP contribution < -0.4 is 34.0 Å². The molecule has 0 unspecified atom stereocenters. The molecule has 4 heteroatoms. The standard InChI is InChI=1S/2C5H5.C4H11Si.2BrH.Zr/c2*1-2-4-5-3-1;1-3-5-4-2;;;/h2*1-5H;5H,3-4H2,1-2H3;2*1H;/q2*-1;;;;+4/p-2. The second-order valence-electron chi connectivity index (χ2n) is 3.03. The molecule has 2 aromatic rings. The predicted octanol–water partition coefficient (Wildman–Crippen LogP) is -1.88. The number of hydrogen-bond donors (Lipinski definition) is 0. The van der Waals surface area contributed by atoms with Crippen molar-refractivity contribution in [3.63, 3.8) is 0 Å². The van der Waals surface area contributed by atoms with Gasteiger partial charge in [0.05, 0.1) is 0 Å². The molecule has 0 bridgehead atoms. The van der Waals surface area contributed by atoms with E-state index in [2.05, 4.69) is 13.8 Å². The van der Waals surface area contributed by atoms with Crippen LogP contribution in [0.15, 0.2) is 60.7 Å². The van der Waals surface area contributed by atoms with E-state index in [4.69, 9.17) is 0 Å². The normalized spacial score (nSPS) is 6.78. The van der Waals surface area contributed by atoms with Gasteiger partial charge in [-0.1, -0.05) is 25.9 Å². The van der Waals surface area contributed by atoms with Crippen molar-refractivity contribution in [1.29, 1.82) is 0 Å². The van der Waals surface area contributed by atoms with E-state index in [0.717, 1.165) is 9.52 Å². The number of halogens is 2. The zero-order valence-corrected chi connectivity index (χ0v) is 17.8. The Hall–Kier alpha value is 0.760. The van der Waals surface area contributed by atoms with Crippen LogP contribution in [0.5, 0.6) is 0 Å². The van der Waals surface area contributed by atoms with Crippen LogP contribution in [-0.4, -0.2) is 9.52 Å². The minimum Gasteiger partial charge on any atom is -1.00 e. The van der Waals surface area contributed by atoms with Gasteiger partial charge in [0.25, 0.3) is 0 Å². The zero-order valence-electron chi connectivity index (χ0n) is 11.0. The van der Waals surface area contributed by atoms with Crippen molar-refractivity contribution in [2.75, 3.05) is 0 Å². The smallest absolute Gasteiger partial charge is 1.00 e. The van der Waals surface area contributed by atoms with Crippen molar-refractivity contribution >= 4 is 9.52 Å². The molecule has 0 aliphatic carbocycles. The van der Waals surface area contributed by atoms with Crippen molar-refractivity contribution in [3.8, 4) is 0 Å². The first-order chi connectivity index (χ1) is 7.41. The topological polar surface area (TPSA) is 0 Å². The zero-order chi connectivity index (χ0) is 11.2. The van der Waals surface area contributed by atoms with Gasteiger partial charge in [0.1, 0.15) is 0 Å². The summed E-state index contributed by atoms with van der Waals surface area (Å²) in [5.41, 5.74) is 0. The van der Waals surface area contributed by atoms with Crippen molar-refractivity contribution in [2.45, 2.75) is 25.9 Å². The van der Waals surface area contributed by atoms with Crippen LogP contribution in [0.25, 0.3) is 0 Å². The van der Waals surface area contributed by atoms with Crippen LogP contribution in [0.1, 0.15) is 13.8 Å². The van der Waals surface area contributed by atoms with Gasteiger partial charge in [0.15, 0.2) is 0 Å². The second kappa shape index (κ2) is 26.3. The fourth-order valence-electron chi connectivity index (χ4n) is 0.930. The first-order valence-corrected chi connectivity index (χ1v) is 7.20. The fourth-order valence-corrected chi connectivity index (χ4v) is 1.51. The van der Waals surface area contributed by atoms with Gasteiger partial charge in [0.2, 0.25) is 0 Å². The third-order valence-electron chi connectivity index (χ3n) is 1.69. The van der Waals surface area contributed by atoms with Crippen LogP contribution in [0.2, 0.25) is 12.1 Å². The summed E-state index contributed by atoms with van der Waals surface area (Å²) in [7, 11) is 0.815. The van der Waals surface area contributed by atoms with Crippen LogP contribution in [0, 0.1) is 0 Å². The summed E-state index contributed by atoms with van der Waals surface area (Å²) < 4.78 is 0. The Morgan fingerprint density at radius 1 is 0.722 bits per heavy atom. The molecule has 0 aliphatic heterocycles. The van der Waals surface area contributed by atoms with Crippen LogP contribution >= 0.6 is 0 Å². The van der Waals surface area contributed by atoms with Crippen LogP contribution in [0.3, 0.4) is 0 Å². The van der Waals surface area contributed by atoms with Gasteiger partial charge in [-0.15, -0.1) is 0 Å². The summed E-state index contributed by atoms with van der Waals surface area (Å²) in [4.78, 5) is 0. The molecule has 1 radical (unpaired) electrons. The molecule has 2 rings (SSSR count). The van der Waals surface area contributed by atoms with E-state index in [1.165, 1.54) is 12.1 Å². The third kappa shape index (κ3) is 25.6. The molecule has 0 fully saturated rings. The van der Waals surface area contributed by atoms with E-state index in [-0.39, 0.29) is 60.2 Å². The summed E-state index contributed by atoms with van der Waals surface area (Å²) in [6.45, 7) is 4.50. The molecule has 0 saturated heterocycles. The van der Waals surface area contributed by atoms with Crippen LogP contribution in [-0.2, 0) is 26.2 Å². The van der Waals surface area contributed by atoms with Gasteiger partial charge in [-0.2, -0.15) is 36.4 Å². The molecule has 0 aromatic heterocycles. The molecule has 0 heterocycles. The van der Waals surface area contributed by atoms with Crippen molar-refractivity contribution in [1.82, 2.24) is 0 Å². The molecule has 0 atom stereocenters. The fraction of sp³-hybridized carbons (Fsp3) is 0.286. The Labute approximate surface area is 155 Å². The maximum absolute atomic E-state index is 2.25. The van der Waals surface area contributed by atoms with E-state index >= 15 is 0 Å². The Bertz CT molecular complexity index is 194. The molecule has 0 aliphatic rings. The van der Waals surface area contributed by atoms with E-state index in [1.54, 1.807) is 0 Å². The summed E-state index contributed by atoms with van der Waals surface area (Å²) in [6.07, 6.45) is 0. The average molecular weight is 468 g/mol. The van der Waals surface area contributed by atoms with Gasteiger partial charge in [-0.05, 0) is 0 Å². The SMILES string of the molecule is CC[SiH]CC.[Br-].[Br-].[Zr+4].c1cc[cH-]c1.c1cc[cH-]c1. The van der Waals surface area contributed by atoms with Gasteiger partial charge in [0, 0.05) is 9.52 Å². The molecular formula is C14H21Br2SiZr. The summed E-state index contributed by atoms with van der Waals surface area (Å²) in [5, 5.41) is 0. The minimum absolute atomic E-state index is 0. The molecule has 0 nitrogen and oxygen atoms in total. The summed E-state index contributed by atoms with van der Waals surface area (Å²) >= 11 is 0. The van der Waals surface area contributed by atoms with E-state index in [0.29, 0.717) is 0 Å². The molecule has 0 amide bonds. The predicted molar refractivity (Wildman–Crippen MR) is 72.2 cm³/mol. The molecule has 0 spiro atoms. The maximum atomic E-state index is 2.25. The molecule has 99 valence electrons. The molecule has 0 saturated carbocycles. The number of rotatable bonds is 2. The van der Waals surface area contributed by atoms with Gasteiger partial charge >= 0.3 is 26.2 Å². The largest absolute Gasteiger partial charge is 4.00 e. The Morgan fingerprint density at radius 2 is 1.00 bits per heavy atom. The summed E-state index contributed by atoms with van der Waals surface area (Å²) in [5.74, 6) is 0. The van der Waals surface area contributed by atoms with E-state index in [1.807, 2.05) is 60.7 Å². The Balaban J connectivity index is -0.0000000754. The van der Waals surface area contributed by atoms with Crippen molar-refractivity contribution < 1.29 is 60.2 Å². The third-order valence-corrected chi connectivity index (χ3v) is 2.84. The first-order valence-electron chi connectivity index (χ1n) is 5.56. The Kier molecular flexibility index (Phi) is 39.8. The number of hydrogen-bond acceptors (Lipinski definition) is 0. The first kappa shape index (κ1) is 27.2. The molecule has 18 heavy (non-hydrogen) atoms. The molecule has 0 N–H and O–H groups in total. The van der Waals surface area contributed by atoms with Gasteiger partial charge < -0.3 is 34.0 Å². The van der Waals surface area contributed by atoms with Crippen molar-refractivity contribution in [2.24, 2.45) is 0 Å². The molecular weight excluding hydrogens is 447 g/mol. The van der Waals surface area contributed by atoms with E-state index < -0.39 is 0 Å². The molecule has 2 aromatic carbocycles. The Morgan fingerprint density at radius 3 is 1.06 bits per heavy atom. The monoisotopic (exact) mass is 465 g/mol. The van der Waals surface area contributed by atoms with Gasteiger partial charge in [-0.25, -0.2) is 24.3 Å². The van der Waals surface area contributed by atoms with E-state index in [9.17, 15) is 0 Å². The van der Waals surface area contributed by atoms with Crippen molar-refractivity contribution in [3.05, 3.63) is 60.7 Å². The average Bonchev–Trinajstić information content (AvgIpc) is 2.99. The second-order valence-corrected chi connectivity index (χ2v) is 5.24. The van der Waals surface area contributed by atoms with Crippen LogP contribution in [0.4, 0.5) is 0 Å². The minimum atomic E-state index is 0. The summed E-state index contributed by atoms with van der Waals surface area (Å²) in [6, 6.07) is 22.9. The van der Waals surface area contributed by atoms with Gasteiger partial charge in [-0.3, -0.25) is 0 Å².